The lowest BCUT2D eigenvalue weighted by atomic mass is 10.3. The van der Waals surface area contributed by atoms with Crippen LogP contribution in [0.3, 0.4) is 0 Å². The molecule has 2 aliphatic heterocycles. The highest BCUT2D eigenvalue weighted by Crippen LogP contribution is 2.51. The number of benzene rings is 1. The SMILES string of the molecule is CCN1CCN(C(=NC2(C(Cl)(Cl)Cl)Oc3ccccc3O2)C(F)(F)F)CC1. The van der Waals surface area contributed by atoms with Crippen LogP contribution in [0, 0.1) is 0 Å². The molecule has 0 aliphatic carbocycles. The first kappa shape index (κ1) is 20.6. The molecule has 0 saturated carbocycles. The minimum atomic E-state index is -4.78. The number of hydrogen-bond acceptors (Lipinski definition) is 4. The fraction of sp³-hybridized carbons (Fsp3) is 0.562. The molecular weight excluding hydrogens is 430 g/mol. The summed E-state index contributed by atoms with van der Waals surface area (Å²) in [7, 11) is 0. The van der Waals surface area contributed by atoms with Crippen LogP contribution in [0.15, 0.2) is 29.3 Å². The summed E-state index contributed by atoms with van der Waals surface area (Å²) in [5.74, 6) is -3.39. The van der Waals surface area contributed by atoms with Gasteiger partial charge in [0, 0.05) is 26.2 Å². The zero-order valence-electron chi connectivity index (χ0n) is 14.3. The van der Waals surface area contributed by atoms with Crippen LogP contribution in [0.4, 0.5) is 13.2 Å². The third kappa shape index (κ3) is 4.18. The van der Waals surface area contributed by atoms with Crippen molar-refractivity contribution >= 4 is 40.6 Å². The molecule has 0 aromatic heterocycles. The Bertz CT molecular complexity index is 692. The lowest BCUT2D eigenvalue weighted by molar-refractivity contribution is -0.0906. The molecule has 2 heterocycles. The fourth-order valence-electron chi connectivity index (χ4n) is 2.89. The highest BCUT2D eigenvalue weighted by Gasteiger charge is 2.60. The van der Waals surface area contributed by atoms with E-state index in [0.29, 0.717) is 13.1 Å². The van der Waals surface area contributed by atoms with E-state index < -0.39 is 21.7 Å². The Morgan fingerprint density at radius 1 is 1.07 bits per heavy atom. The van der Waals surface area contributed by atoms with Gasteiger partial charge in [0.25, 0.3) is 3.79 Å². The Kier molecular flexibility index (Phi) is 5.65. The average Bonchev–Trinajstić information content (AvgIpc) is 2.98. The predicted molar refractivity (Wildman–Crippen MR) is 97.9 cm³/mol. The van der Waals surface area contributed by atoms with Gasteiger partial charge < -0.3 is 19.3 Å². The molecule has 3 rings (SSSR count). The van der Waals surface area contributed by atoms with Gasteiger partial charge in [0.1, 0.15) is 0 Å². The predicted octanol–water partition coefficient (Wildman–Crippen LogP) is 4.08. The van der Waals surface area contributed by atoms with Crippen LogP contribution in [-0.2, 0) is 0 Å². The van der Waals surface area contributed by atoms with Gasteiger partial charge in [-0.1, -0.05) is 53.9 Å². The molecule has 0 amide bonds. The maximum absolute atomic E-state index is 13.8. The number of amidine groups is 1. The van der Waals surface area contributed by atoms with E-state index in [2.05, 4.69) is 4.99 Å². The van der Waals surface area contributed by atoms with Crippen molar-refractivity contribution in [1.29, 1.82) is 0 Å². The number of piperazine rings is 1. The van der Waals surface area contributed by atoms with Gasteiger partial charge in [0.2, 0.25) is 5.84 Å². The first-order valence-corrected chi connectivity index (χ1v) is 9.37. The maximum atomic E-state index is 13.8. The quantitative estimate of drug-likeness (QED) is 0.390. The van der Waals surface area contributed by atoms with Gasteiger partial charge in [-0.2, -0.15) is 18.2 Å². The molecule has 0 unspecified atom stereocenters. The van der Waals surface area contributed by atoms with Crippen LogP contribution < -0.4 is 9.47 Å². The van der Waals surface area contributed by atoms with Crippen molar-refractivity contribution in [2.75, 3.05) is 32.7 Å². The molecule has 150 valence electrons. The van der Waals surface area contributed by atoms with Gasteiger partial charge in [0.05, 0.1) is 0 Å². The topological polar surface area (TPSA) is 37.3 Å². The second-order valence-electron chi connectivity index (χ2n) is 6.08. The Balaban J connectivity index is 1.99. The maximum Gasteiger partial charge on any atom is 0.449 e. The molecule has 0 atom stereocenters. The summed E-state index contributed by atoms with van der Waals surface area (Å²) in [5.41, 5.74) is 0. The standard InChI is InChI=1S/C16H17Cl3F3N3O2/c1-2-24-7-9-25(10-8-24)13(14(20,21)22)23-16(15(17,18)19)26-11-5-3-4-6-12(11)27-16/h3-6H,2,7-10H2,1H3. The Labute approximate surface area is 169 Å². The number of aliphatic imine (C=N–C) groups is 1. The van der Waals surface area contributed by atoms with Gasteiger partial charge in [0.15, 0.2) is 11.5 Å². The molecule has 0 bridgehead atoms. The summed E-state index contributed by atoms with van der Waals surface area (Å²) in [5, 5.41) is 0. The number of fused-ring (bicyclic) bond motifs is 1. The summed E-state index contributed by atoms with van der Waals surface area (Å²) < 4.78 is 49.9. The minimum absolute atomic E-state index is 0.134. The van der Waals surface area contributed by atoms with Crippen molar-refractivity contribution in [2.45, 2.75) is 22.8 Å². The molecule has 0 spiro atoms. The van der Waals surface area contributed by atoms with Crippen molar-refractivity contribution in [3.8, 4) is 11.5 Å². The third-order valence-electron chi connectivity index (χ3n) is 4.33. The van der Waals surface area contributed by atoms with Crippen LogP contribution in [0.2, 0.25) is 0 Å². The monoisotopic (exact) mass is 445 g/mol. The fourth-order valence-corrected chi connectivity index (χ4v) is 3.25. The zero-order chi connectivity index (χ0) is 19.9. The lowest BCUT2D eigenvalue weighted by Crippen LogP contribution is -2.56. The number of alkyl halides is 6. The van der Waals surface area contributed by atoms with Crippen molar-refractivity contribution in [3.63, 3.8) is 0 Å². The van der Waals surface area contributed by atoms with Gasteiger partial charge in [-0.05, 0) is 18.7 Å². The molecule has 0 radical (unpaired) electrons. The van der Waals surface area contributed by atoms with Gasteiger partial charge in [-0.15, -0.1) is 0 Å². The molecule has 11 heteroatoms. The number of halogens is 6. The van der Waals surface area contributed by atoms with Crippen molar-refractivity contribution in [3.05, 3.63) is 24.3 Å². The Morgan fingerprint density at radius 3 is 2.00 bits per heavy atom. The van der Waals surface area contributed by atoms with Crippen LogP contribution in [0.25, 0.3) is 0 Å². The minimum Gasteiger partial charge on any atom is -0.427 e. The number of para-hydroxylation sites is 2. The first-order chi connectivity index (χ1) is 12.6. The van der Waals surface area contributed by atoms with Gasteiger partial charge >= 0.3 is 12.1 Å². The summed E-state index contributed by atoms with van der Waals surface area (Å²) in [6.07, 6.45) is -4.78. The molecule has 2 aliphatic rings. The van der Waals surface area contributed by atoms with Crippen molar-refractivity contribution in [2.24, 2.45) is 4.99 Å². The van der Waals surface area contributed by atoms with E-state index in [1.54, 1.807) is 12.1 Å². The molecule has 5 nitrogen and oxygen atoms in total. The summed E-state index contributed by atoms with van der Waals surface area (Å²) >= 11 is 17.8. The number of ether oxygens (including phenoxy) is 2. The first-order valence-electron chi connectivity index (χ1n) is 8.24. The highest BCUT2D eigenvalue weighted by molar-refractivity contribution is 6.68. The number of nitrogens with zero attached hydrogens (tertiary/aromatic N) is 3. The van der Waals surface area contributed by atoms with Crippen LogP contribution >= 0.6 is 34.8 Å². The van der Waals surface area contributed by atoms with Gasteiger partial charge in [-0.3, -0.25) is 0 Å². The lowest BCUT2D eigenvalue weighted by Gasteiger charge is -2.38. The van der Waals surface area contributed by atoms with E-state index in [-0.39, 0.29) is 24.6 Å². The number of likely N-dealkylation sites (N-methyl/N-ethyl adjacent to an activating group) is 1. The van der Waals surface area contributed by atoms with E-state index in [1.165, 1.54) is 12.1 Å². The highest BCUT2D eigenvalue weighted by atomic mass is 35.6. The molecule has 1 fully saturated rings. The summed E-state index contributed by atoms with van der Waals surface area (Å²) in [6.45, 7) is 3.91. The van der Waals surface area contributed by atoms with Crippen LogP contribution in [0.5, 0.6) is 11.5 Å². The Morgan fingerprint density at radius 2 is 1.59 bits per heavy atom. The van der Waals surface area contributed by atoms with E-state index in [0.717, 1.165) is 11.4 Å². The summed E-state index contributed by atoms with van der Waals surface area (Å²) in [4.78, 5) is 6.84. The van der Waals surface area contributed by atoms with E-state index in [4.69, 9.17) is 44.3 Å². The molecule has 1 aromatic carbocycles. The molecule has 1 aromatic rings. The number of hydrogen-bond donors (Lipinski definition) is 0. The van der Waals surface area contributed by atoms with E-state index in [9.17, 15) is 13.2 Å². The Hall–Kier alpha value is -1.09. The zero-order valence-corrected chi connectivity index (χ0v) is 16.5. The molecular formula is C16H17Cl3F3N3O2. The molecule has 27 heavy (non-hydrogen) atoms. The third-order valence-corrected chi connectivity index (χ3v) is 5.05. The number of rotatable bonds is 2. The van der Waals surface area contributed by atoms with Gasteiger partial charge in [-0.25, -0.2) is 0 Å². The second-order valence-corrected chi connectivity index (χ2v) is 8.37. The smallest absolute Gasteiger partial charge is 0.427 e. The van der Waals surface area contributed by atoms with Crippen LogP contribution in [0.1, 0.15) is 6.92 Å². The van der Waals surface area contributed by atoms with Crippen molar-refractivity contribution in [1.82, 2.24) is 9.80 Å². The van der Waals surface area contributed by atoms with Crippen LogP contribution in [-0.4, -0.2) is 64.2 Å². The van der Waals surface area contributed by atoms with Crippen molar-refractivity contribution < 1.29 is 22.6 Å². The molecule has 1 saturated heterocycles. The largest absolute Gasteiger partial charge is 0.449 e. The molecule has 0 N–H and O–H groups in total. The summed E-state index contributed by atoms with van der Waals surface area (Å²) in [6, 6.07) is 6.23. The van der Waals surface area contributed by atoms with E-state index in [1.807, 2.05) is 11.8 Å². The average molecular weight is 447 g/mol. The normalized spacial score (nSPS) is 20.9. The second kappa shape index (κ2) is 7.39. The van der Waals surface area contributed by atoms with E-state index >= 15 is 0 Å².